The molecule has 0 saturated heterocycles. The van der Waals surface area contributed by atoms with Gasteiger partial charge in [-0.2, -0.15) is 0 Å². The lowest BCUT2D eigenvalue weighted by Crippen LogP contribution is -2.16. The summed E-state index contributed by atoms with van der Waals surface area (Å²) in [6.45, 7) is 10.8. The summed E-state index contributed by atoms with van der Waals surface area (Å²) >= 11 is 0. The molecular formula is C16H24O2. The van der Waals surface area contributed by atoms with Crippen LogP contribution in [-0.2, 0) is 14.9 Å². The zero-order valence-electron chi connectivity index (χ0n) is 12.1. The molecule has 1 aromatic carbocycles. The highest BCUT2D eigenvalue weighted by Crippen LogP contribution is 2.26. The van der Waals surface area contributed by atoms with Gasteiger partial charge in [0, 0.05) is 0 Å². The standard InChI is InChI=1S/C16H24O2/c1-6-14(15(17)18-7-2)12-8-10-13(11-9-12)16(3,4)5/h8-11,14H,6-7H2,1-5H3. The normalized spacial score (nSPS) is 13.2. The fraction of sp³-hybridized carbons (Fsp3) is 0.562. The lowest BCUT2D eigenvalue weighted by atomic mass is 9.85. The van der Waals surface area contributed by atoms with E-state index in [1.807, 2.05) is 26.0 Å². The topological polar surface area (TPSA) is 26.3 Å². The van der Waals surface area contributed by atoms with Gasteiger partial charge in [0.15, 0.2) is 0 Å². The molecule has 1 unspecified atom stereocenters. The first-order chi connectivity index (χ1) is 8.40. The molecule has 18 heavy (non-hydrogen) atoms. The summed E-state index contributed by atoms with van der Waals surface area (Å²) in [5.41, 5.74) is 2.47. The van der Waals surface area contributed by atoms with Gasteiger partial charge in [-0.25, -0.2) is 0 Å². The number of hydrogen-bond donors (Lipinski definition) is 0. The molecule has 0 radical (unpaired) electrons. The molecule has 1 rings (SSSR count). The summed E-state index contributed by atoms with van der Waals surface area (Å²) in [7, 11) is 0. The Kier molecular flexibility index (Phi) is 4.94. The number of benzene rings is 1. The fourth-order valence-corrected chi connectivity index (χ4v) is 2.00. The number of hydrogen-bond acceptors (Lipinski definition) is 2. The van der Waals surface area contributed by atoms with Crippen LogP contribution in [0.15, 0.2) is 24.3 Å². The molecule has 0 fully saturated rings. The average Bonchev–Trinajstić information content (AvgIpc) is 2.30. The van der Waals surface area contributed by atoms with E-state index >= 15 is 0 Å². The van der Waals surface area contributed by atoms with E-state index < -0.39 is 0 Å². The van der Waals surface area contributed by atoms with Crippen LogP contribution in [-0.4, -0.2) is 12.6 Å². The van der Waals surface area contributed by atoms with Crippen LogP contribution in [0.5, 0.6) is 0 Å². The van der Waals surface area contributed by atoms with Crippen molar-refractivity contribution in [2.24, 2.45) is 0 Å². The maximum absolute atomic E-state index is 11.8. The Bertz CT molecular complexity index is 385. The zero-order valence-corrected chi connectivity index (χ0v) is 12.1. The van der Waals surface area contributed by atoms with Crippen molar-refractivity contribution in [2.75, 3.05) is 6.61 Å². The van der Waals surface area contributed by atoms with Crippen LogP contribution in [0.1, 0.15) is 58.1 Å². The largest absolute Gasteiger partial charge is 0.466 e. The summed E-state index contributed by atoms with van der Waals surface area (Å²) in [5, 5.41) is 0. The molecule has 100 valence electrons. The second kappa shape index (κ2) is 6.03. The van der Waals surface area contributed by atoms with Crippen molar-refractivity contribution < 1.29 is 9.53 Å². The van der Waals surface area contributed by atoms with Crippen LogP contribution < -0.4 is 0 Å². The minimum Gasteiger partial charge on any atom is -0.466 e. The van der Waals surface area contributed by atoms with E-state index in [0.717, 1.165) is 12.0 Å². The van der Waals surface area contributed by atoms with E-state index in [1.165, 1.54) is 5.56 Å². The molecule has 0 aliphatic rings. The van der Waals surface area contributed by atoms with E-state index in [-0.39, 0.29) is 17.3 Å². The Balaban J connectivity index is 2.92. The SMILES string of the molecule is CCOC(=O)C(CC)c1ccc(C(C)(C)C)cc1. The van der Waals surface area contributed by atoms with Crippen LogP contribution in [0.25, 0.3) is 0 Å². The Labute approximate surface area is 110 Å². The van der Waals surface area contributed by atoms with E-state index in [2.05, 4.69) is 32.9 Å². The van der Waals surface area contributed by atoms with Crippen LogP contribution in [0.4, 0.5) is 0 Å². The van der Waals surface area contributed by atoms with Crippen molar-refractivity contribution in [1.82, 2.24) is 0 Å². The first-order valence-electron chi connectivity index (χ1n) is 6.67. The Morgan fingerprint density at radius 2 is 1.72 bits per heavy atom. The van der Waals surface area contributed by atoms with Crippen LogP contribution in [0, 0.1) is 0 Å². The predicted octanol–water partition coefficient (Wildman–Crippen LogP) is 4.04. The van der Waals surface area contributed by atoms with E-state index in [4.69, 9.17) is 4.74 Å². The number of esters is 1. The molecule has 1 aromatic rings. The van der Waals surface area contributed by atoms with Crippen molar-refractivity contribution in [2.45, 2.75) is 52.4 Å². The first-order valence-corrected chi connectivity index (χ1v) is 6.67. The van der Waals surface area contributed by atoms with Gasteiger partial charge in [-0.05, 0) is 29.9 Å². The Hall–Kier alpha value is -1.31. The maximum Gasteiger partial charge on any atom is 0.313 e. The predicted molar refractivity (Wildman–Crippen MR) is 74.8 cm³/mol. The van der Waals surface area contributed by atoms with E-state index in [9.17, 15) is 4.79 Å². The molecule has 0 aliphatic carbocycles. The molecule has 0 N–H and O–H groups in total. The number of carbonyl (C=O) groups excluding carboxylic acids is 1. The fourth-order valence-electron chi connectivity index (χ4n) is 2.00. The lowest BCUT2D eigenvalue weighted by Gasteiger charge is -2.20. The molecule has 0 heterocycles. The smallest absolute Gasteiger partial charge is 0.313 e. The molecule has 0 spiro atoms. The molecule has 1 atom stereocenters. The first kappa shape index (κ1) is 14.7. The van der Waals surface area contributed by atoms with Gasteiger partial charge >= 0.3 is 5.97 Å². The summed E-state index contributed by atoms with van der Waals surface area (Å²) in [5.74, 6) is -0.262. The molecule has 2 nitrogen and oxygen atoms in total. The van der Waals surface area contributed by atoms with Gasteiger partial charge in [-0.15, -0.1) is 0 Å². The van der Waals surface area contributed by atoms with Gasteiger partial charge in [-0.1, -0.05) is 52.0 Å². The summed E-state index contributed by atoms with van der Waals surface area (Å²) in [6, 6.07) is 8.31. The Morgan fingerprint density at radius 1 is 1.17 bits per heavy atom. The molecule has 0 bridgehead atoms. The molecular weight excluding hydrogens is 224 g/mol. The summed E-state index contributed by atoms with van der Waals surface area (Å²) in [4.78, 5) is 11.8. The zero-order chi connectivity index (χ0) is 13.8. The minimum atomic E-state index is -0.140. The Morgan fingerprint density at radius 3 is 2.11 bits per heavy atom. The second-order valence-electron chi connectivity index (χ2n) is 5.58. The number of ether oxygens (including phenoxy) is 1. The minimum absolute atomic E-state index is 0.122. The lowest BCUT2D eigenvalue weighted by molar-refractivity contribution is -0.145. The quantitative estimate of drug-likeness (QED) is 0.752. The van der Waals surface area contributed by atoms with Gasteiger partial charge < -0.3 is 4.74 Å². The molecule has 0 aromatic heterocycles. The van der Waals surface area contributed by atoms with E-state index in [0.29, 0.717) is 6.61 Å². The summed E-state index contributed by atoms with van der Waals surface area (Å²) in [6.07, 6.45) is 0.772. The third-order valence-corrected chi connectivity index (χ3v) is 3.16. The number of rotatable bonds is 4. The van der Waals surface area contributed by atoms with Crippen LogP contribution >= 0.6 is 0 Å². The highest BCUT2D eigenvalue weighted by molar-refractivity contribution is 5.78. The van der Waals surface area contributed by atoms with E-state index in [1.54, 1.807) is 0 Å². The maximum atomic E-state index is 11.8. The third kappa shape index (κ3) is 3.59. The van der Waals surface area contributed by atoms with Crippen molar-refractivity contribution in [3.8, 4) is 0 Å². The third-order valence-electron chi connectivity index (χ3n) is 3.16. The summed E-state index contributed by atoms with van der Waals surface area (Å²) < 4.78 is 5.11. The molecule has 0 amide bonds. The highest BCUT2D eigenvalue weighted by atomic mass is 16.5. The number of carbonyl (C=O) groups is 1. The van der Waals surface area contributed by atoms with Crippen LogP contribution in [0.2, 0.25) is 0 Å². The monoisotopic (exact) mass is 248 g/mol. The van der Waals surface area contributed by atoms with Crippen LogP contribution in [0.3, 0.4) is 0 Å². The van der Waals surface area contributed by atoms with Gasteiger partial charge in [0.25, 0.3) is 0 Å². The molecule has 0 aliphatic heterocycles. The van der Waals surface area contributed by atoms with Gasteiger partial charge in [0.1, 0.15) is 0 Å². The second-order valence-corrected chi connectivity index (χ2v) is 5.58. The molecule has 0 saturated carbocycles. The van der Waals surface area contributed by atoms with Crippen molar-refractivity contribution in [1.29, 1.82) is 0 Å². The highest BCUT2D eigenvalue weighted by Gasteiger charge is 2.20. The van der Waals surface area contributed by atoms with Gasteiger partial charge in [0.2, 0.25) is 0 Å². The van der Waals surface area contributed by atoms with Gasteiger partial charge in [-0.3, -0.25) is 4.79 Å². The average molecular weight is 248 g/mol. The van der Waals surface area contributed by atoms with Crippen molar-refractivity contribution in [3.63, 3.8) is 0 Å². The molecule has 2 heteroatoms. The van der Waals surface area contributed by atoms with Crippen molar-refractivity contribution in [3.05, 3.63) is 35.4 Å². The van der Waals surface area contributed by atoms with Gasteiger partial charge in [0.05, 0.1) is 12.5 Å². The van der Waals surface area contributed by atoms with Crippen molar-refractivity contribution >= 4 is 5.97 Å².